The van der Waals surface area contributed by atoms with Gasteiger partial charge in [0.2, 0.25) is 0 Å². The van der Waals surface area contributed by atoms with Crippen molar-refractivity contribution in [1.29, 1.82) is 0 Å². The van der Waals surface area contributed by atoms with E-state index in [0.29, 0.717) is 17.1 Å². The lowest BCUT2D eigenvalue weighted by atomic mass is 9.77. The van der Waals surface area contributed by atoms with Crippen LogP contribution < -0.4 is 9.30 Å². The number of benzene rings is 8. The molecule has 11 aromatic rings. The van der Waals surface area contributed by atoms with Gasteiger partial charge in [0.25, 0.3) is 6.33 Å². The Morgan fingerprint density at radius 2 is 1.15 bits per heavy atom. The van der Waals surface area contributed by atoms with Gasteiger partial charge in [-0.3, -0.25) is 13.7 Å². The Hall–Kier alpha value is -8.02. The number of fused-ring (bicyclic) bond motifs is 10. The normalized spacial score (nSPS) is 13.6. The lowest BCUT2D eigenvalue weighted by molar-refractivity contribution is -0.572. The van der Waals surface area contributed by atoms with Crippen molar-refractivity contribution in [2.75, 3.05) is 0 Å². The molecule has 8 aromatic carbocycles. The van der Waals surface area contributed by atoms with Crippen molar-refractivity contribution in [3.05, 3.63) is 211 Å². The highest BCUT2D eigenvalue weighted by atomic mass is 16.5. The quantitative estimate of drug-likeness (QED) is 0.127. The van der Waals surface area contributed by atoms with Crippen molar-refractivity contribution >= 4 is 32.8 Å². The van der Waals surface area contributed by atoms with Gasteiger partial charge in [0.1, 0.15) is 17.3 Å². The highest BCUT2D eigenvalue weighted by Crippen LogP contribution is 2.48. The van der Waals surface area contributed by atoms with Crippen molar-refractivity contribution in [3.63, 3.8) is 0 Å². The van der Waals surface area contributed by atoms with Crippen LogP contribution in [0, 0.1) is 6.33 Å². The first-order chi connectivity index (χ1) is 36.2. The summed E-state index contributed by atoms with van der Waals surface area (Å²) in [6, 6.07) is 50.7. The van der Waals surface area contributed by atoms with Gasteiger partial charge in [-0.1, -0.05) is 184 Å². The molecule has 3 aromatic heterocycles. The zero-order valence-corrected chi connectivity index (χ0v) is 41.7. The maximum absolute atomic E-state index is 9.26. The molecule has 5 heteroatoms. The second-order valence-corrected chi connectivity index (χ2v) is 22.0. The number of hydrogen-bond donors (Lipinski definition) is 0. The minimum atomic E-state index is -0.438. The van der Waals surface area contributed by atoms with Gasteiger partial charge in [-0.05, 0) is 132 Å². The molecule has 5 nitrogen and oxygen atoms in total. The zero-order chi connectivity index (χ0) is 53.3. The summed E-state index contributed by atoms with van der Waals surface area (Å²) in [5, 5.41) is 2.21. The van der Waals surface area contributed by atoms with Gasteiger partial charge in [-0.2, -0.15) is 0 Å². The fourth-order valence-corrected chi connectivity index (χ4v) is 10.4. The topological polar surface area (TPSA) is 35.9 Å². The molecule has 348 valence electrons. The van der Waals surface area contributed by atoms with Gasteiger partial charge >= 0.3 is 0 Å². The van der Waals surface area contributed by atoms with E-state index in [1.165, 1.54) is 11.1 Å². The molecule has 71 heavy (non-hydrogen) atoms. The van der Waals surface area contributed by atoms with E-state index in [4.69, 9.17) is 13.8 Å². The van der Waals surface area contributed by atoms with Crippen LogP contribution >= 0.6 is 0 Å². The highest BCUT2D eigenvalue weighted by molar-refractivity contribution is 6.09. The third kappa shape index (κ3) is 7.54. The summed E-state index contributed by atoms with van der Waals surface area (Å²) in [4.78, 5) is 4.90. The van der Waals surface area contributed by atoms with E-state index in [1.54, 1.807) is 0 Å². The predicted octanol–water partition coefficient (Wildman–Crippen LogP) is 16.9. The number of nitrogens with zero attached hydrogens (tertiary/aromatic N) is 4. The number of pyridine rings is 1. The van der Waals surface area contributed by atoms with Crippen LogP contribution in [0.25, 0.3) is 94.5 Å². The average molecular weight is 928 g/mol. The molecule has 0 spiro atoms. The molecule has 0 N–H and O–H groups in total. The summed E-state index contributed by atoms with van der Waals surface area (Å²) in [7, 11) is 0. The minimum Gasteiger partial charge on any atom is -0.458 e. The van der Waals surface area contributed by atoms with E-state index in [1.807, 2.05) is 59.3 Å². The molecule has 0 bridgehead atoms. The predicted molar refractivity (Wildman–Crippen MR) is 294 cm³/mol. The summed E-state index contributed by atoms with van der Waals surface area (Å²) in [6.45, 7) is 20.2. The molecule has 0 radical (unpaired) electrons. The number of para-hydroxylation sites is 1. The molecule has 0 fully saturated rings. The molecular formula is C66H58N4O. The third-order valence-electron chi connectivity index (χ3n) is 14.1. The van der Waals surface area contributed by atoms with Crippen molar-refractivity contribution in [2.24, 2.45) is 0 Å². The van der Waals surface area contributed by atoms with Crippen LogP contribution in [0.1, 0.15) is 85.9 Å². The van der Waals surface area contributed by atoms with Crippen LogP contribution in [0.2, 0.25) is 0 Å². The summed E-state index contributed by atoms with van der Waals surface area (Å²) in [5.41, 5.74) is 14.9. The van der Waals surface area contributed by atoms with Crippen LogP contribution in [0.15, 0.2) is 188 Å². The van der Waals surface area contributed by atoms with Crippen LogP contribution in [0.3, 0.4) is 0 Å². The summed E-state index contributed by atoms with van der Waals surface area (Å²) in [6.07, 6.45) is 5.80. The Bertz CT molecular complexity index is 4190. The maximum atomic E-state index is 9.26. The first kappa shape index (κ1) is 38.8. The van der Waals surface area contributed by atoms with E-state index < -0.39 is 18.1 Å². The van der Waals surface area contributed by atoms with E-state index in [-0.39, 0.29) is 33.9 Å². The van der Waals surface area contributed by atoms with Crippen LogP contribution in [0.5, 0.6) is 11.5 Å². The van der Waals surface area contributed by atoms with Gasteiger partial charge in [-0.15, -0.1) is 0 Å². The number of rotatable bonds is 5. The standard InChI is InChI=1S/C66H58N4O/c1-64(2,3)44-32-33-67-61(38-44)70-58-29-18-17-28-53(58)54-31-30-48(40-59(54)70)71-47-23-19-22-46(39-47)68-41-69-62-56(36-45(65(4,5)6)37-57(62)66(7,8)9)52-27-16-14-25-50(52)49-24-13-15-26-51(49)55-34-43(35-60(68)63(55)69)42-20-11-10-12-21-42/h10-40H,1-9H3/i10D,11D,12D,20D,21D. The lowest BCUT2D eigenvalue weighted by Crippen LogP contribution is -2.35. The van der Waals surface area contributed by atoms with Gasteiger partial charge in [-0.25, -0.2) is 4.98 Å². The lowest BCUT2D eigenvalue weighted by Gasteiger charge is -2.30. The second-order valence-electron chi connectivity index (χ2n) is 22.0. The number of hydrogen-bond acceptors (Lipinski definition) is 2. The monoisotopic (exact) mass is 927 g/mol. The third-order valence-corrected chi connectivity index (χ3v) is 14.1. The molecule has 1 aliphatic rings. The number of aromatic nitrogens is 4. The van der Waals surface area contributed by atoms with E-state index in [0.717, 1.165) is 89.0 Å². The first-order valence-corrected chi connectivity index (χ1v) is 24.5. The highest BCUT2D eigenvalue weighted by Gasteiger charge is 2.32. The smallest absolute Gasteiger partial charge is 0.269 e. The van der Waals surface area contributed by atoms with Gasteiger partial charge in [0.15, 0.2) is 0 Å². The molecule has 0 saturated heterocycles. The summed E-state index contributed by atoms with van der Waals surface area (Å²) in [5.74, 6) is 2.08. The van der Waals surface area contributed by atoms with Crippen molar-refractivity contribution in [3.8, 4) is 73.2 Å². The fourth-order valence-electron chi connectivity index (χ4n) is 10.4. The number of ether oxygens (including phenoxy) is 1. The largest absolute Gasteiger partial charge is 0.458 e. The number of imidazole rings is 1. The van der Waals surface area contributed by atoms with Crippen LogP contribution in [-0.4, -0.2) is 14.1 Å². The van der Waals surface area contributed by atoms with Gasteiger partial charge < -0.3 is 4.74 Å². The zero-order valence-electron chi connectivity index (χ0n) is 46.7. The molecule has 0 unspecified atom stereocenters. The summed E-state index contributed by atoms with van der Waals surface area (Å²) >= 11 is 0. The SMILES string of the molecule is [2H]c1c([2H])c([2H])c(-c2cc3c4c(c2)n(-c2cccc(Oc5ccc6c7ccccc7n(-c7cc(C(C)(C)C)ccn7)c6c5)c2)[c-][n+]4-c2c(cc(C(C)(C)C)cc2C(C)(C)C)-c2ccccc2-c2ccccc2-3)c([2H])c1[2H]. The van der Waals surface area contributed by atoms with Gasteiger partial charge in [0, 0.05) is 23.0 Å². The fraction of sp³-hybridized carbons (Fsp3) is 0.182. The molecule has 0 amide bonds. The second kappa shape index (κ2) is 16.3. The summed E-state index contributed by atoms with van der Waals surface area (Å²) < 4.78 is 58.0. The Kier molecular flexibility index (Phi) is 8.89. The van der Waals surface area contributed by atoms with E-state index in [9.17, 15) is 2.74 Å². The van der Waals surface area contributed by atoms with Crippen LogP contribution in [0.4, 0.5) is 0 Å². The average Bonchev–Trinajstić information content (AvgIpc) is 4.02. The molecule has 0 saturated carbocycles. The minimum absolute atomic E-state index is 0.0695. The van der Waals surface area contributed by atoms with E-state index in [2.05, 4.69) is 181 Å². The van der Waals surface area contributed by atoms with Crippen LogP contribution in [-0.2, 0) is 16.2 Å². The van der Waals surface area contributed by atoms with Crippen molar-refractivity contribution < 1.29 is 16.2 Å². The van der Waals surface area contributed by atoms with Crippen molar-refractivity contribution in [2.45, 2.75) is 78.6 Å². The molecule has 1 aliphatic heterocycles. The molecule has 12 rings (SSSR count). The molecule has 0 aliphatic carbocycles. The molecule has 4 heterocycles. The maximum Gasteiger partial charge on any atom is 0.269 e. The first-order valence-electron chi connectivity index (χ1n) is 27.0. The Balaban J connectivity index is 1.13. The molecular weight excluding hydrogens is 865 g/mol. The Morgan fingerprint density at radius 3 is 1.86 bits per heavy atom. The van der Waals surface area contributed by atoms with Crippen molar-refractivity contribution in [1.82, 2.24) is 14.1 Å². The van der Waals surface area contributed by atoms with E-state index >= 15 is 0 Å². The Morgan fingerprint density at radius 1 is 0.507 bits per heavy atom. The molecule has 0 atom stereocenters. The van der Waals surface area contributed by atoms with Gasteiger partial charge in [0.05, 0.1) is 40.3 Å². The Labute approximate surface area is 424 Å².